The third-order valence-corrected chi connectivity index (χ3v) is 2.70. The lowest BCUT2D eigenvalue weighted by atomic mass is 9.96. The van der Waals surface area contributed by atoms with Crippen LogP contribution in [0.15, 0.2) is 18.2 Å². The normalized spacial score (nSPS) is 12.0. The Bertz CT molecular complexity index is 377. The number of ether oxygens (including phenoxy) is 2. The van der Waals surface area contributed by atoms with Gasteiger partial charge in [0.05, 0.1) is 20.1 Å². The van der Waals surface area contributed by atoms with Gasteiger partial charge < -0.3 is 9.47 Å². The number of hydrogen-bond acceptors (Lipinski definition) is 3. The van der Waals surface area contributed by atoms with E-state index >= 15 is 0 Å². The summed E-state index contributed by atoms with van der Waals surface area (Å²) in [5, 5.41) is 0.582. The van der Waals surface area contributed by atoms with Crippen LogP contribution in [0, 0.1) is 0 Å². The van der Waals surface area contributed by atoms with Crippen molar-refractivity contribution in [1.82, 2.24) is 0 Å². The fraction of sp³-hybridized carbons (Fsp3) is 0.417. The van der Waals surface area contributed by atoms with Crippen LogP contribution in [0.5, 0.6) is 5.75 Å². The quantitative estimate of drug-likeness (QED) is 0.762. The molecule has 88 valence electrons. The molecule has 0 saturated heterocycles. The van der Waals surface area contributed by atoms with Gasteiger partial charge in [-0.1, -0.05) is 18.5 Å². The highest BCUT2D eigenvalue weighted by atomic mass is 35.5. The predicted molar refractivity (Wildman–Crippen MR) is 63.1 cm³/mol. The maximum Gasteiger partial charge on any atom is 0.313 e. The zero-order valence-corrected chi connectivity index (χ0v) is 10.4. The topological polar surface area (TPSA) is 35.5 Å². The van der Waals surface area contributed by atoms with Crippen molar-refractivity contribution in [2.75, 3.05) is 14.2 Å². The third kappa shape index (κ3) is 2.67. The lowest BCUT2D eigenvalue weighted by Gasteiger charge is -2.16. The first kappa shape index (κ1) is 12.8. The fourth-order valence-corrected chi connectivity index (χ4v) is 1.81. The molecule has 1 atom stereocenters. The fourth-order valence-electron chi connectivity index (χ4n) is 1.63. The Hall–Kier alpha value is -1.22. The van der Waals surface area contributed by atoms with Crippen LogP contribution in [-0.4, -0.2) is 20.2 Å². The highest BCUT2D eigenvalue weighted by Gasteiger charge is 2.23. The minimum atomic E-state index is -0.335. The molecule has 0 heterocycles. The van der Waals surface area contributed by atoms with E-state index in [1.165, 1.54) is 7.11 Å². The summed E-state index contributed by atoms with van der Waals surface area (Å²) in [6, 6.07) is 5.22. The zero-order chi connectivity index (χ0) is 12.1. The highest BCUT2D eigenvalue weighted by molar-refractivity contribution is 6.30. The summed E-state index contributed by atoms with van der Waals surface area (Å²) >= 11 is 5.92. The first-order valence-electron chi connectivity index (χ1n) is 5.05. The maximum atomic E-state index is 11.6. The minimum absolute atomic E-state index is 0.275. The molecule has 0 aliphatic carbocycles. The molecule has 0 N–H and O–H groups in total. The molecule has 1 aromatic rings. The molecule has 0 aliphatic heterocycles. The molecule has 0 aliphatic rings. The summed E-state index contributed by atoms with van der Waals surface area (Å²) in [6.07, 6.45) is 0.642. The Labute approximate surface area is 100 Å². The van der Waals surface area contributed by atoms with E-state index in [2.05, 4.69) is 0 Å². The number of benzene rings is 1. The summed E-state index contributed by atoms with van der Waals surface area (Å²) in [4.78, 5) is 11.6. The van der Waals surface area contributed by atoms with Gasteiger partial charge in [0.2, 0.25) is 0 Å². The van der Waals surface area contributed by atoms with E-state index in [-0.39, 0.29) is 11.9 Å². The van der Waals surface area contributed by atoms with Crippen molar-refractivity contribution in [3.05, 3.63) is 28.8 Å². The molecule has 1 rings (SSSR count). The van der Waals surface area contributed by atoms with Crippen LogP contribution in [0.25, 0.3) is 0 Å². The van der Waals surface area contributed by atoms with Gasteiger partial charge in [0, 0.05) is 10.6 Å². The average molecular weight is 243 g/mol. The molecule has 0 fully saturated rings. The number of carbonyl (C=O) groups is 1. The van der Waals surface area contributed by atoms with E-state index < -0.39 is 0 Å². The third-order valence-electron chi connectivity index (χ3n) is 2.46. The molecule has 0 aromatic heterocycles. The summed E-state index contributed by atoms with van der Waals surface area (Å²) in [7, 11) is 2.94. The number of methoxy groups -OCH3 is 2. The van der Waals surface area contributed by atoms with Gasteiger partial charge in [0.25, 0.3) is 0 Å². The number of rotatable bonds is 4. The minimum Gasteiger partial charge on any atom is -0.496 e. The SMILES string of the molecule is CCC(C(=O)OC)c1cc(Cl)ccc1OC. The summed E-state index contributed by atoms with van der Waals surface area (Å²) < 4.78 is 9.97. The second kappa shape index (κ2) is 5.75. The number of esters is 1. The van der Waals surface area contributed by atoms with Crippen LogP contribution < -0.4 is 4.74 Å². The second-order valence-corrected chi connectivity index (χ2v) is 3.81. The van der Waals surface area contributed by atoms with Gasteiger partial charge in [-0.2, -0.15) is 0 Å². The molecular weight excluding hydrogens is 228 g/mol. The predicted octanol–water partition coefficient (Wildman–Crippen LogP) is 3.02. The van der Waals surface area contributed by atoms with Crippen LogP contribution in [0.1, 0.15) is 24.8 Å². The van der Waals surface area contributed by atoms with Crippen molar-refractivity contribution in [2.24, 2.45) is 0 Å². The summed E-state index contributed by atoms with van der Waals surface area (Å²) in [6.45, 7) is 1.92. The molecule has 1 unspecified atom stereocenters. The lowest BCUT2D eigenvalue weighted by Crippen LogP contribution is -2.14. The largest absolute Gasteiger partial charge is 0.496 e. The van der Waals surface area contributed by atoms with E-state index in [1.54, 1.807) is 25.3 Å². The van der Waals surface area contributed by atoms with Gasteiger partial charge in [0.1, 0.15) is 5.75 Å². The van der Waals surface area contributed by atoms with Gasteiger partial charge in [-0.3, -0.25) is 4.79 Å². The lowest BCUT2D eigenvalue weighted by molar-refractivity contribution is -0.142. The Morgan fingerprint density at radius 3 is 2.62 bits per heavy atom. The van der Waals surface area contributed by atoms with Crippen molar-refractivity contribution in [3.63, 3.8) is 0 Å². The maximum absolute atomic E-state index is 11.6. The van der Waals surface area contributed by atoms with Gasteiger partial charge in [-0.25, -0.2) is 0 Å². The Kier molecular flexibility index (Phi) is 4.62. The van der Waals surface area contributed by atoms with Crippen molar-refractivity contribution in [2.45, 2.75) is 19.3 Å². The molecule has 1 aromatic carbocycles. The van der Waals surface area contributed by atoms with Crippen molar-refractivity contribution in [1.29, 1.82) is 0 Å². The van der Waals surface area contributed by atoms with E-state index in [9.17, 15) is 4.79 Å². The standard InChI is InChI=1S/C12H15ClO3/c1-4-9(12(14)16-3)10-7-8(13)5-6-11(10)15-2/h5-7,9H,4H2,1-3H3. The van der Waals surface area contributed by atoms with Gasteiger partial charge in [0.15, 0.2) is 0 Å². The van der Waals surface area contributed by atoms with Crippen LogP contribution >= 0.6 is 11.6 Å². The van der Waals surface area contributed by atoms with Crippen molar-refractivity contribution >= 4 is 17.6 Å². The summed E-state index contributed by atoms with van der Waals surface area (Å²) in [5.41, 5.74) is 0.768. The second-order valence-electron chi connectivity index (χ2n) is 3.37. The molecule has 3 nitrogen and oxygen atoms in total. The van der Waals surface area contributed by atoms with Crippen LogP contribution in [0.2, 0.25) is 5.02 Å². The number of carbonyl (C=O) groups excluding carboxylic acids is 1. The molecule has 0 bridgehead atoms. The summed E-state index contributed by atoms with van der Waals surface area (Å²) in [5.74, 6) is 0.0448. The average Bonchev–Trinajstić information content (AvgIpc) is 2.30. The first-order valence-corrected chi connectivity index (χ1v) is 5.43. The van der Waals surface area contributed by atoms with E-state index in [0.717, 1.165) is 5.56 Å². The highest BCUT2D eigenvalue weighted by Crippen LogP contribution is 2.32. The molecule has 0 spiro atoms. The monoisotopic (exact) mass is 242 g/mol. The van der Waals surface area contributed by atoms with Crippen molar-refractivity contribution in [3.8, 4) is 5.75 Å². The smallest absolute Gasteiger partial charge is 0.313 e. The van der Waals surface area contributed by atoms with Crippen LogP contribution in [0.4, 0.5) is 0 Å². The van der Waals surface area contributed by atoms with Crippen LogP contribution in [-0.2, 0) is 9.53 Å². The molecule has 0 saturated carbocycles. The molecule has 0 radical (unpaired) electrons. The molecular formula is C12H15ClO3. The van der Waals surface area contributed by atoms with Gasteiger partial charge >= 0.3 is 5.97 Å². The van der Waals surface area contributed by atoms with Gasteiger partial charge in [-0.15, -0.1) is 0 Å². The number of hydrogen-bond donors (Lipinski definition) is 0. The zero-order valence-electron chi connectivity index (χ0n) is 9.62. The van der Waals surface area contributed by atoms with Gasteiger partial charge in [-0.05, 0) is 24.6 Å². The Balaban J connectivity index is 3.17. The van der Waals surface area contributed by atoms with Crippen LogP contribution in [0.3, 0.4) is 0 Å². The molecule has 16 heavy (non-hydrogen) atoms. The molecule has 4 heteroatoms. The Morgan fingerprint density at radius 2 is 2.12 bits per heavy atom. The first-order chi connectivity index (χ1) is 7.63. The van der Waals surface area contributed by atoms with Crippen molar-refractivity contribution < 1.29 is 14.3 Å². The van der Waals surface area contributed by atoms with E-state index in [0.29, 0.717) is 17.2 Å². The van der Waals surface area contributed by atoms with E-state index in [4.69, 9.17) is 21.1 Å². The molecule has 0 amide bonds. The van der Waals surface area contributed by atoms with E-state index in [1.807, 2.05) is 6.92 Å². The number of halogens is 1. The Morgan fingerprint density at radius 1 is 1.44 bits per heavy atom.